The van der Waals surface area contributed by atoms with E-state index < -0.39 is 10.0 Å². The Balaban J connectivity index is 1.36. The van der Waals surface area contributed by atoms with E-state index in [1.54, 1.807) is 0 Å². The molecule has 1 aliphatic rings. The second-order valence-corrected chi connectivity index (χ2v) is 8.93. The summed E-state index contributed by atoms with van der Waals surface area (Å²) < 4.78 is 27.4. The Morgan fingerprint density at radius 1 is 0.857 bits per heavy atom. The number of rotatable bonds is 7. The van der Waals surface area contributed by atoms with Gasteiger partial charge in [-0.25, -0.2) is 8.42 Å². The van der Waals surface area contributed by atoms with Crippen LogP contribution in [0.15, 0.2) is 78.9 Å². The largest absolute Gasteiger partial charge is 0.341 e. The molecule has 0 aliphatic carbocycles. The van der Waals surface area contributed by atoms with Gasteiger partial charge in [-0.2, -0.15) is 0 Å². The molecule has 0 spiro atoms. The summed E-state index contributed by atoms with van der Waals surface area (Å²) in [5, 5.41) is 0. The number of anilines is 3. The normalized spacial score (nSPS) is 13.4. The summed E-state index contributed by atoms with van der Waals surface area (Å²) in [6.45, 7) is 0.948. The van der Waals surface area contributed by atoms with E-state index in [1.165, 1.54) is 11.3 Å². The monoisotopic (exact) mass is 392 g/mol. The molecule has 1 aliphatic heterocycles. The maximum Gasteiger partial charge on any atom is 0.232 e. The third-order valence-corrected chi connectivity index (χ3v) is 6.43. The minimum Gasteiger partial charge on any atom is -0.341 e. The third kappa shape index (κ3) is 4.37. The lowest BCUT2D eigenvalue weighted by atomic mass is 10.1. The second-order valence-electron chi connectivity index (χ2n) is 7.09. The Kier molecular flexibility index (Phi) is 5.35. The first-order valence-electron chi connectivity index (χ1n) is 9.61. The molecule has 5 heteroatoms. The van der Waals surface area contributed by atoms with Crippen LogP contribution in [0.3, 0.4) is 0 Å². The zero-order valence-electron chi connectivity index (χ0n) is 15.7. The molecule has 0 amide bonds. The van der Waals surface area contributed by atoms with Crippen LogP contribution in [0.4, 0.5) is 17.1 Å². The molecule has 0 radical (unpaired) electrons. The average Bonchev–Trinajstić information content (AvgIpc) is 3.13. The molecule has 28 heavy (non-hydrogen) atoms. The van der Waals surface area contributed by atoms with Crippen molar-refractivity contribution in [3.63, 3.8) is 0 Å². The fraction of sp³-hybridized carbons (Fsp3) is 0.217. The first kappa shape index (κ1) is 18.6. The van der Waals surface area contributed by atoms with Crippen LogP contribution in [0.25, 0.3) is 0 Å². The Morgan fingerprint density at radius 3 is 2.36 bits per heavy atom. The minimum atomic E-state index is -3.35. The first-order chi connectivity index (χ1) is 13.6. The topological polar surface area (TPSA) is 49.4 Å². The minimum absolute atomic E-state index is 0.114. The molecule has 4 nitrogen and oxygen atoms in total. The molecule has 4 rings (SSSR count). The Hall–Kier alpha value is -2.79. The van der Waals surface area contributed by atoms with Crippen LogP contribution in [-0.4, -0.2) is 20.7 Å². The molecule has 0 fully saturated rings. The van der Waals surface area contributed by atoms with Gasteiger partial charge in [0.15, 0.2) is 0 Å². The highest BCUT2D eigenvalue weighted by molar-refractivity contribution is 7.92. The van der Waals surface area contributed by atoms with Crippen LogP contribution in [0, 0.1) is 0 Å². The number of sulfonamides is 1. The van der Waals surface area contributed by atoms with Gasteiger partial charge in [0.1, 0.15) is 0 Å². The third-order valence-electron chi connectivity index (χ3n) is 5.06. The number of fused-ring (bicyclic) bond motifs is 1. The number of nitrogens with zero attached hydrogens (tertiary/aromatic N) is 1. The molecule has 0 bridgehead atoms. The molecule has 0 saturated carbocycles. The van der Waals surface area contributed by atoms with E-state index in [0.717, 1.165) is 30.6 Å². The van der Waals surface area contributed by atoms with Crippen LogP contribution >= 0.6 is 0 Å². The van der Waals surface area contributed by atoms with Crippen LogP contribution in [0.2, 0.25) is 0 Å². The maximum absolute atomic E-state index is 12.4. The second kappa shape index (κ2) is 8.07. The summed E-state index contributed by atoms with van der Waals surface area (Å²) in [4.78, 5) is 2.27. The van der Waals surface area contributed by atoms with Crippen molar-refractivity contribution < 1.29 is 8.42 Å². The average molecular weight is 393 g/mol. The predicted octanol–water partition coefficient (Wildman–Crippen LogP) is 4.76. The lowest BCUT2D eigenvalue weighted by molar-refractivity contribution is 0.598. The van der Waals surface area contributed by atoms with Crippen molar-refractivity contribution in [2.45, 2.75) is 19.3 Å². The lowest BCUT2D eigenvalue weighted by Crippen LogP contribution is -2.17. The fourth-order valence-electron chi connectivity index (χ4n) is 3.66. The van der Waals surface area contributed by atoms with Crippen molar-refractivity contribution in [3.05, 3.63) is 90.0 Å². The van der Waals surface area contributed by atoms with Crippen LogP contribution < -0.4 is 9.62 Å². The van der Waals surface area contributed by atoms with Crippen molar-refractivity contribution >= 4 is 27.1 Å². The molecule has 0 aromatic heterocycles. The number of nitrogens with one attached hydrogen (secondary N) is 1. The standard InChI is InChI=1S/C23H24N2O2S/c26-28(27,18-6-9-19-7-2-1-3-8-19)24-21-12-14-22(15-13-21)25-17-16-20-10-4-5-11-23(20)25/h1-5,7-8,10-15,24H,6,9,16-18H2. The van der Waals surface area contributed by atoms with E-state index in [0.29, 0.717) is 12.1 Å². The van der Waals surface area contributed by atoms with E-state index in [9.17, 15) is 8.42 Å². The van der Waals surface area contributed by atoms with E-state index in [2.05, 4.69) is 33.9 Å². The number of para-hydroxylation sites is 1. The van der Waals surface area contributed by atoms with Gasteiger partial charge < -0.3 is 4.90 Å². The van der Waals surface area contributed by atoms with Gasteiger partial charge in [0.05, 0.1) is 5.75 Å². The first-order valence-corrected chi connectivity index (χ1v) is 11.3. The fourth-order valence-corrected chi connectivity index (χ4v) is 4.78. The van der Waals surface area contributed by atoms with Crippen molar-refractivity contribution in [3.8, 4) is 0 Å². The molecule has 1 N–H and O–H groups in total. The molecular weight excluding hydrogens is 368 g/mol. The molecule has 0 saturated heterocycles. The Bertz CT molecular complexity index is 1030. The molecule has 3 aromatic carbocycles. The molecule has 1 heterocycles. The number of benzene rings is 3. The van der Waals surface area contributed by atoms with E-state index in [1.807, 2.05) is 54.6 Å². The van der Waals surface area contributed by atoms with Crippen LogP contribution in [0.5, 0.6) is 0 Å². The number of hydrogen-bond donors (Lipinski definition) is 1. The van der Waals surface area contributed by atoms with Gasteiger partial charge in [0.25, 0.3) is 0 Å². The molecule has 3 aromatic rings. The van der Waals surface area contributed by atoms with Gasteiger partial charge >= 0.3 is 0 Å². The van der Waals surface area contributed by atoms with E-state index >= 15 is 0 Å². The summed E-state index contributed by atoms with van der Waals surface area (Å²) in [6, 6.07) is 26.0. The van der Waals surface area contributed by atoms with E-state index in [4.69, 9.17) is 0 Å². The smallest absolute Gasteiger partial charge is 0.232 e. The van der Waals surface area contributed by atoms with Crippen molar-refractivity contribution in [2.24, 2.45) is 0 Å². The van der Waals surface area contributed by atoms with Gasteiger partial charge in [0, 0.05) is 23.6 Å². The van der Waals surface area contributed by atoms with Crippen LogP contribution in [0.1, 0.15) is 17.5 Å². The van der Waals surface area contributed by atoms with Gasteiger partial charge in [-0.3, -0.25) is 4.72 Å². The zero-order valence-corrected chi connectivity index (χ0v) is 16.5. The SMILES string of the molecule is O=S(=O)(CCCc1ccccc1)Nc1ccc(N2CCc3ccccc32)cc1. The van der Waals surface area contributed by atoms with Crippen molar-refractivity contribution in [1.82, 2.24) is 0 Å². The summed E-state index contributed by atoms with van der Waals surface area (Å²) in [5.41, 5.74) is 5.43. The highest BCUT2D eigenvalue weighted by Crippen LogP contribution is 2.34. The lowest BCUT2D eigenvalue weighted by Gasteiger charge is -2.20. The molecular formula is C23H24N2O2S. The number of hydrogen-bond acceptors (Lipinski definition) is 3. The van der Waals surface area contributed by atoms with Gasteiger partial charge in [-0.05, 0) is 60.7 Å². The maximum atomic E-state index is 12.4. The highest BCUT2D eigenvalue weighted by Gasteiger charge is 2.19. The quantitative estimate of drug-likeness (QED) is 0.631. The molecule has 0 unspecified atom stereocenters. The van der Waals surface area contributed by atoms with Crippen molar-refractivity contribution in [1.29, 1.82) is 0 Å². The summed E-state index contributed by atoms with van der Waals surface area (Å²) in [6.07, 6.45) is 2.39. The zero-order chi connectivity index (χ0) is 19.4. The number of aryl methyl sites for hydroxylation is 1. The predicted molar refractivity (Wildman–Crippen MR) is 116 cm³/mol. The summed E-state index contributed by atoms with van der Waals surface area (Å²) in [7, 11) is -3.35. The van der Waals surface area contributed by atoms with Crippen LogP contribution in [-0.2, 0) is 22.9 Å². The summed E-state index contributed by atoms with van der Waals surface area (Å²) >= 11 is 0. The highest BCUT2D eigenvalue weighted by atomic mass is 32.2. The van der Waals surface area contributed by atoms with Gasteiger partial charge in [0.2, 0.25) is 10.0 Å². The Labute approximate surface area is 166 Å². The summed E-state index contributed by atoms with van der Waals surface area (Å²) in [5.74, 6) is 0.114. The Morgan fingerprint density at radius 2 is 1.57 bits per heavy atom. The van der Waals surface area contributed by atoms with E-state index in [-0.39, 0.29) is 5.75 Å². The van der Waals surface area contributed by atoms with Gasteiger partial charge in [-0.15, -0.1) is 0 Å². The van der Waals surface area contributed by atoms with Crippen molar-refractivity contribution in [2.75, 3.05) is 21.9 Å². The van der Waals surface area contributed by atoms with Gasteiger partial charge in [-0.1, -0.05) is 48.5 Å². The molecule has 0 atom stereocenters. The molecule has 144 valence electrons.